The molecule has 0 aliphatic carbocycles. The van der Waals surface area contributed by atoms with Gasteiger partial charge in [-0.3, -0.25) is 0 Å². The minimum Gasteiger partial charge on any atom is -1.00 e. The minimum absolute atomic E-state index is 0. The van der Waals surface area contributed by atoms with Gasteiger partial charge in [0.15, 0.2) is 12.4 Å². The van der Waals surface area contributed by atoms with Crippen LogP contribution in [-0.2, 0) is 7.05 Å². The Bertz CT molecular complexity index is 416. The number of aromatic nitrogens is 2. The molecule has 0 atom stereocenters. The molecule has 0 saturated heterocycles. The summed E-state index contributed by atoms with van der Waals surface area (Å²) < 4.78 is 2.87. The first-order chi connectivity index (χ1) is 6.75. The van der Waals surface area contributed by atoms with Crippen molar-refractivity contribution in [2.45, 2.75) is 0 Å². The molecule has 0 bridgehead atoms. The average Bonchev–Trinajstić information content (AvgIpc) is 2.18. The fraction of sp³-hybridized carbons (Fsp3) is 0.0909. The molecule has 0 N–H and O–H groups in total. The van der Waals surface area contributed by atoms with Crippen molar-refractivity contribution < 1.29 is 28.5 Å². The van der Waals surface area contributed by atoms with Crippen molar-refractivity contribution in [1.82, 2.24) is 4.98 Å². The quantitative estimate of drug-likeness (QED) is 0.367. The number of aryl methyl sites for hydroxylation is 1. The molecule has 2 aromatic heterocycles. The fourth-order valence-electron chi connectivity index (χ4n) is 1.31. The smallest absolute Gasteiger partial charge is 0.177 e. The molecule has 4 heteroatoms. The molecule has 2 rings (SSSR count). The number of nitrogens with zero attached hydrogens (tertiary/aromatic N) is 2. The molecule has 0 aliphatic heterocycles. The molecule has 2 nitrogen and oxygen atoms in total. The zero-order valence-electron chi connectivity index (χ0n) is 8.19. The number of pyridine rings is 2. The third kappa shape index (κ3) is 3.24. The molecular weight excluding hydrogens is 367 g/mol. The van der Waals surface area contributed by atoms with Gasteiger partial charge in [0.2, 0.25) is 0 Å². The van der Waals surface area contributed by atoms with E-state index in [0.717, 1.165) is 15.9 Å². The molecule has 2 heterocycles. The maximum absolute atomic E-state index is 4.39. The highest BCUT2D eigenvalue weighted by molar-refractivity contribution is 9.10. The van der Waals surface area contributed by atoms with Crippen molar-refractivity contribution in [2.75, 3.05) is 0 Å². The molecule has 0 aromatic carbocycles. The molecule has 0 spiro atoms. The van der Waals surface area contributed by atoms with Crippen LogP contribution in [0, 0.1) is 0 Å². The molecule has 0 amide bonds. The lowest BCUT2D eigenvalue weighted by Crippen LogP contribution is -3.00. The van der Waals surface area contributed by atoms with Crippen LogP contribution in [0.2, 0.25) is 0 Å². The van der Waals surface area contributed by atoms with E-state index in [1.807, 2.05) is 42.1 Å². The monoisotopic (exact) mass is 376 g/mol. The first kappa shape index (κ1) is 12.6. The predicted octanol–water partition coefficient (Wildman–Crippen LogP) is -0.660. The Hall–Kier alpha value is -0.490. The lowest BCUT2D eigenvalue weighted by molar-refractivity contribution is -0.671. The maximum atomic E-state index is 4.39. The molecule has 0 radical (unpaired) electrons. The Kier molecular flexibility index (Phi) is 4.66. The van der Waals surface area contributed by atoms with E-state index >= 15 is 0 Å². The molecule has 0 aliphatic rings. The van der Waals surface area contributed by atoms with Gasteiger partial charge >= 0.3 is 0 Å². The summed E-state index contributed by atoms with van der Waals surface area (Å²) in [6.07, 6.45) is 4.05. The first-order valence-corrected chi connectivity index (χ1v) is 5.13. The van der Waals surface area contributed by atoms with E-state index in [-0.39, 0.29) is 24.0 Å². The Balaban J connectivity index is 0.00000112. The lowest BCUT2D eigenvalue weighted by atomic mass is 10.2. The van der Waals surface area contributed by atoms with E-state index in [2.05, 4.69) is 33.2 Å². The summed E-state index contributed by atoms with van der Waals surface area (Å²) in [5.41, 5.74) is 2.10. The predicted molar refractivity (Wildman–Crippen MR) is 58.5 cm³/mol. The summed E-state index contributed by atoms with van der Waals surface area (Å²) >= 11 is 3.36. The largest absolute Gasteiger partial charge is 1.00 e. The van der Waals surface area contributed by atoms with Crippen LogP contribution in [-0.4, -0.2) is 4.98 Å². The van der Waals surface area contributed by atoms with Crippen molar-refractivity contribution in [1.29, 1.82) is 0 Å². The molecular formula is C11H10BrIN2. The average molecular weight is 377 g/mol. The van der Waals surface area contributed by atoms with Crippen LogP contribution < -0.4 is 28.5 Å². The summed E-state index contributed by atoms with van der Waals surface area (Å²) in [7, 11) is 2.00. The Morgan fingerprint density at radius 2 is 2.00 bits per heavy atom. The standard InChI is InChI=1S/C11H10BrN2.HI/c1-14-7-3-4-9(8-14)10-5-2-6-11(12)13-10;/h2-8H,1H3;1H/q+1;/p-1. The third-order valence-electron chi connectivity index (χ3n) is 1.95. The zero-order valence-corrected chi connectivity index (χ0v) is 11.9. The van der Waals surface area contributed by atoms with Crippen LogP contribution in [0.5, 0.6) is 0 Å². The van der Waals surface area contributed by atoms with Gasteiger partial charge in [-0.1, -0.05) is 6.07 Å². The van der Waals surface area contributed by atoms with E-state index in [1.54, 1.807) is 0 Å². The van der Waals surface area contributed by atoms with E-state index in [1.165, 1.54) is 0 Å². The van der Waals surface area contributed by atoms with E-state index in [0.29, 0.717) is 0 Å². The normalized spacial score (nSPS) is 9.47. The number of halogens is 2. The molecule has 78 valence electrons. The fourth-order valence-corrected chi connectivity index (χ4v) is 1.65. The number of rotatable bonds is 1. The van der Waals surface area contributed by atoms with Crippen LogP contribution in [0.1, 0.15) is 0 Å². The highest BCUT2D eigenvalue weighted by atomic mass is 127. The van der Waals surface area contributed by atoms with Crippen LogP contribution in [0.3, 0.4) is 0 Å². The van der Waals surface area contributed by atoms with E-state index < -0.39 is 0 Å². The molecule has 0 fully saturated rings. The van der Waals surface area contributed by atoms with E-state index in [9.17, 15) is 0 Å². The van der Waals surface area contributed by atoms with Gasteiger partial charge < -0.3 is 24.0 Å². The van der Waals surface area contributed by atoms with Crippen LogP contribution in [0.4, 0.5) is 0 Å². The Labute approximate surface area is 115 Å². The molecule has 0 unspecified atom stereocenters. The second-order valence-electron chi connectivity index (χ2n) is 3.10. The number of hydrogen-bond donors (Lipinski definition) is 0. The zero-order chi connectivity index (χ0) is 9.97. The summed E-state index contributed by atoms with van der Waals surface area (Å²) in [5, 5.41) is 0. The maximum Gasteiger partial charge on any atom is 0.177 e. The number of hydrogen-bond acceptors (Lipinski definition) is 1. The highest BCUT2D eigenvalue weighted by Crippen LogP contribution is 2.16. The minimum atomic E-state index is 0. The van der Waals surface area contributed by atoms with Crippen LogP contribution in [0.25, 0.3) is 11.3 Å². The van der Waals surface area contributed by atoms with Gasteiger partial charge in [0, 0.05) is 6.07 Å². The van der Waals surface area contributed by atoms with Gasteiger partial charge in [-0.2, -0.15) is 0 Å². The van der Waals surface area contributed by atoms with Gasteiger partial charge in [-0.25, -0.2) is 9.55 Å². The van der Waals surface area contributed by atoms with Crippen molar-refractivity contribution in [2.24, 2.45) is 7.05 Å². The second kappa shape index (κ2) is 5.55. The van der Waals surface area contributed by atoms with Crippen molar-refractivity contribution in [3.05, 3.63) is 47.3 Å². The highest BCUT2D eigenvalue weighted by Gasteiger charge is 2.02. The summed E-state index contributed by atoms with van der Waals surface area (Å²) in [5.74, 6) is 0. The Morgan fingerprint density at radius 3 is 2.67 bits per heavy atom. The van der Waals surface area contributed by atoms with Crippen LogP contribution in [0.15, 0.2) is 47.3 Å². The Morgan fingerprint density at radius 1 is 1.20 bits per heavy atom. The lowest BCUT2D eigenvalue weighted by Gasteiger charge is -1.98. The van der Waals surface area contributed by atoms with E-state index in [4.69, 9.17) is 0 Å². The molecule has 2 aromatic rings. The van der Waals surface area contributed by atoms with Crippen molar-refractivity contribution in [3.63, 3.8) is 0 Å². The van der Waals surface area contributed by atoms with Crippen molar-refractivity contribution in [3.8, 4) is 11.3 Å². The SMILES string of the molecule is C[n+]1cccc(-c2cccc(Br)n2)c1.[I-]. The third-order valence-corrected chi connectivity index (χ3v) is 2.39. The summed E-state index contributed by atoms with van der Waals surface area (Å²) in [6.45, 7) is 0. The summed E-state index contributed by atoms with van der Waals surface area (Å²) in [6, 6.07) is 9.97. The first-order valence-electron chi connectivity index (χ1n) is 4.34. The molecule has 15 heavy (non-hydrogen) atoms. The van der Waals surface area contributed by atoms with Gasteiger partial charge in [-0.05, 0) is 34.1 Å². The van der Waals surface area contributed by atoms with Gasteiger partial charge in [-0.15, -0.1) is 0 Å². The molecule has 0 saturated carbocycles. The second-order valence-corrected chi connectivity index (χ2v) is 3.92. The van der Waals surface area contributed by atoms with Gasteiger partial charge in [0.25, 0.3) is 0 Å². The van der Waals surface area contributed by atoms with Gasteiger partial charge in [0.1, 0.15) is 11.7 Å². The topological polar surface area (TPSA) is 16.8 Å². The van der Waals surface area contributed by atoms with Crippen molar-refractivity contribution >= 4 is 15.9 Å². The van der Waals surface area contributed by atoms with Gasteiger partial charge in [0.05, 0.1) is 11.3 Å². The van der Waals surface area contributed by atoms with Crippen LogP contribution >= 0.6 is 15.9 Å². The summed E-state index contributed by atoms with van der Waals surface area (Å²) in [4.78, 5) is 4.39.